The van der Waals surface area contributed by atoms with E-state index in [1.807, 2.05) is 6.08 Å². The van der Waals surface area contributed by atoms with Crippen LogP contribution in [0.15, 0.2) is 35.0 Å². The fourth-order valence-corrected chi connectivity index (χ4v) is 2.18. The number of hydrogen-bond donors (Lipinski definition) is 3. The zero-order valence-corrected chi connectivity index (χ0v) is 11.5. The zero-order valence-electron chi connectivity index (χ0n) is 10.7. The lowest BCUT2D eigenvalue weighted by Crippen LogP contribution is -2.29. The maximum Gasteiger partial charge on any atom is 0.166 e. The highest BCUT2D eigenvalue weighted by Gasteiger charge is 2.18. The molecule has 0 unspecified atom stereocenters. The Morgan fingerprint density at radius 1 is 1.55 bits per heavy atom. The smallest absolute Gasteiger partial charge is 0.166 e. The van der Waals surface area contributed by atoms with Gasteiger partial charge in [0.05, 0.1) is 24.3 Å². The minimum atomic E-state index is 0.322. The van der Waals surface area contributed by atoms with Crippen LogP contribution in [0.25, 0.3) is 0 Å². The number of aromatic nitrogens is 1. The molecule has 104 valence electrons. The third-order valence-electron chi connectivity index (χ3n) is 2.86. The van der Waals surface area contributed by atoms with Gasteiger partial charge in [-0.2, -0.15) is 0 Å². The predicted octanol–water partition coefficient (Wildman–Crippen LogP) is 1.33. The summed E-state index contributed by atoms with van der Waals surface area (Å²) in [5.41, 5.74) is 9.37. The summed E-state index contributed by atoms with van der Waals surface area (Å²) in [6.45, 7) is 0.741. The Kier molecular flexibility index (Phi) is 3.21. The number of allylic oxidation sites excluding steroid dienone is 1. The van der Waals surface area contributed by atoms with Gasteiger partial charge >= 0.3 is 0 Å². The van der Waals surface area contributed by atoms with Crippen LogP contribution in [0.3, 0.4) is 0 Å². The van der Waals surface area contributed by atoms with E-state index in [0.717, 1.165) is 12.4 Å². The predicted molar refractivity (Wildman–Crippen MR) is 78.3 cm³/mol. The molecule has 0 amide bonds. The number of nitrogen functional groups attached to an aromatic ring is 1. The van der Waals surface area contributed by atoms with Gasteiger partial charge in [-0.15, -0.1) is 0 Å². The number of nitrogens with zero attached hydrogens (tertiary/aromatic N) is 3. The van der Waals surface area contributed by atoms with E-state index < -0.39 is 0 Å². The van der Waals surface area contributed by atoms with Gasteiger partial charge < -0.3 is 15.8 Å². The molecule has 1 aromatic rings. The first-order chi connectivity index (χ1) is 9.69. The highest BCUT2D eigenvalue weighted by atomic mass is 35.5. The van der Waals surface area contributed by atoms with E-state index in [0.29, 0.717) is 28.0 Å². The van der Waals surface area contributed by atoms with E-state index >= 15 is 0 Å². The second kappa shape index (κ2) is 5.03. The van der Waals surface area contributed by atoms with Gasteiger partial charge in [-0.1, -0.05) is 11.6 Å². The topological polar surface area (TPSA) is 87.8 Å². The summed E-state index contributed by atoms with van der Waals surface area (Å²) >= 11 is 6.22. The molecule has 0 bridgehead atoms. The summed E-state index contributed by atoms with van der Waals surface area (Å²) in [6.07, 6.45) is 6.87. The maximum atomic E-state index is 6.22. The Morgan fingerprint density at radius 2 is 2.40 bits per heavy atom. The number of anilines is 2. The van der Waals surface area contributed by atoms with Crippen LogP contribution in [-0.4, -0.2) is 29.8 Å². The molecule has 0 radical (unpaired) electrons. The van der Waals surface area contributed by atoms with Crippen molar-refractivity contribution in [2.45, 2.75) is 0 Å². The Morgan fingerprint density at radius 3 is 3.20 bits per heavy atom. The van der Waals surface area contributed by atoms with Crippen molar-refractivity contribution >= 4 is 29.3 Å². The second-order valence-corrected chi connectivity index (χ2v) is 4.51. The largest absolute Gasteiger partial charge is 0.451 e. The van der Waals surface area contributed by atoms with Crippen molar-refractivity contribution in [3.63, 3.8) is 0 Å². The summed E-state index contributed by atoms with van der Waals surface area (Å²) in [4.78, 5) is 8.30. The summed E-state index contributed by atoms with van der Waals surface area (Å²) in [7, 11) is 1.72. The normalized spacial score (nSPS) is 16.6. The van der Waals surface area contributed by atoms with E-state index in [1.165, 1.54) is 6.20 Å². The first-order valence-corrected chi connectivity index (χ1v) is 6.35. The molecule has 3 heterocycles. The van der Waals surface area contributed by atoms with Crippen LogP contribution < -0.4 is 21.2 Å². The molecule has 20 heavy (non-hydrogen) atoms. The van der Waals surface area contributed by atoms with Crippen molar-refractivity contribution in [1.29, 1.82) is 0 Å². The number of hydrazine groups is 1. The fraction of sp³-hybridized carbons (Fsp3) is 0.167. The molecule has 0 saturated heterocycles. The lowest BCUT2D eigenvalue weighted by atomic mass is 10.3. The van der Waals surface area contributed by atoms with Crippen molar-refractivity contribution in [2.75, 3.05) is 24.6 Å². The molecule has 2 aliphatic heterocycles. The van der Waals surface area contributed by atoms with Gasteiger partial charge in [0.25, 0.3) is 0 Å². The van der Waals surface area contributed by atoms with Crippen molar-refractivity contribution < 1.29 is 4.74 Å². The number of pyridine rings is 1. The monoisotopic (exact) mass is 292 g/mol. The van der Waals surface area contributed by atoms with E-state index in [2.05, 4.69) is 20.7 Å². The van der Waals surface area contributed by atoms with Crippen LogP contribution in [0, 0.1) is 0 Å². The fourth-order valence-electron chi connectivity index (χ4n) is 1.91. The number of nitrogens with two attached hydrogens (primary N) is 1. The summed E-state index contributed by atoms with van der Waals surface area (Å²) in [6, 6.07) is 0. The Hall–Kier alpha value is -2.25. The SMILES string of the molecule is CNc1c(N)ncc(OC2=CN3NCC=C3N=C2)c1Cl. The van der Waals surface area contributed by atoms with Crippen LogP contribution >= 0.6 is 11.6 Å². The standard InChI is InChI=1S/C12H13ClN6O/c1-15-11-10(13)8(5-17-12(11)14)20-7-4-16-9-2-3-18-19(9)6-7/h2,4-6,15,18H,3H2,1H3,(H2,14,17). The van der Waals surface area contributed by atoms with Crippen LogP contribution in [0.5, 0.6) is 5.75 Å². The molecule has 0 saturated carbocycles. The molecule has 7 nitrogen and oxygen atoms in total. The number of nitrogens with one attached hydrogen (secondary N) is 2. The summed E-state index contributed by atoms with van der Waals surface area (Å²) < 4.78 is 5.70. The number of hydrogen-bond acceptors (Lipinski definition) is 7. The average Bonchev–Trinajstić information content (AvgIpc) is 2.90. The van der Waals surface area contributed by atoms with E-state index in [-0.39, 0.29) is 0 Å². The second-order valence-electron chi connectivity index (χ2n) is 4.13. The zero-order chi connectivity index (χ0) is 14.1. The molecule has 8 heteroatoms. The third-order valence-corrected chi connectivity index (χ3v) is 3.24. The Balaban J connectivity index is 1.86. The van der Waals surface area contributed by atoms with Gasteiger partial charge in [0.1, 0.15) is 16.7 Å². The van der Waals surface area contributed by atoms with Gasteiger partial charge in [0, 0.05) is 13.6 Å². The highest BCUT2D eigenvalue weighted by Crippen LogP contribution is 2.35. The first kappa shape index (κ1) is 12.8. The van der Waals surface area contributed by atoms with Crippen LogP contribution in [0.1, 0.15) is 0 Å². The van der Waals surface area contributed by atoms with Crippen LogP contribution in [-0.2, 0) is 0 Å². The average molecular weight is 293 g/mol. The number of fused-ring (bicyclic) bond motifs is 1. The molecule has 0 aromatic carbocycles. The molecular formula is C12H13ClN6O. The molecule has 0 aliphatic carbocycles. The molecule has 0 spiro atoms. The summed E-state index contributed by atoms with van der Waals surface area (Å²) in [5.74, 6) is 2.12. The number of ether oxygens (including phenoxy) is 1. The Bertz CT molecular complexity index is 639. The molecular weight excluding hydrogens is 280 g/mol. The van der Waals surface area contributed by atoms with Crippen molar-refractivity contribution in [1.82, 2.24) is 15.4 Å². The van der Waals surface area contributed by atoms with Crippen molar-refractivity contribution in [3.8, 4) is 5.75 Å². The number of rotatable bonds is 3. The number of halogens is 1. The van der Waals surface area contributed by atoms with Gasteiger partial charge in [-0.3, -0.25) is 5.01 Å². The minimum absolute atomic E-state index is 0.322. The molecule has 1 aromatic heterocycles. The lowest BCUT2D eigenvalue weighted by Gasteiger charge is -2.20. The van der Waals surface area contributed by atoms with Crippen LogP contribution in [0.4, 0.5) is 11.5 Å². The maximum absolute atomic E-state index is 6.22. The van der Waals surface area contributed by atoms with Crippen LogP contribution in [0.2, 0.25) is 5.02 Å². The number of aliphatic imine (C=N–C) groups is 1. The van der Waals surface area contributed by atoms with E-state index in [4.69, 9.17) is 22.1 Å². The van der Waals surface area contributed by atoms with Crippen molar-refractivity contribution in [3.05, 3.63) is 35.1 Å². The van der Waals surface area contributed by atoms with E-state index in [1.54, 1.807) is 24.5 Å². The quantitative estimate of drug-likeness (QED) is 0.779. The van der Waals surface area contributed by atoms with Gasteiger partial charge in [-0.05, 0) is 6.08 Å². The Labute approximate surface area is 120 Å². The van der Waals surface area contributed by atoms with E-state index in [9.17, 15) is 0 Å². The molecule has 2 aliphatic rings. The van der Waals surface area contributed by atoms with Gasteiger partial charge in [0.2, 0.25) is 0 Å². The molecule has 3 rings (SSSR count). The van der Waals surface area contributed by atoms with Gasteiger partial charge in [0.15, 0.2) is 11.5 Å². The lowest BCUT2D eigenvalue weighted by molar-refractivity contribution is 0.352. The first-order valence-electron chi connectivity index (χ1n) is 5.97. The molecule has 4 N–H and O–H groups in total. The van der Waals surface area contributed by atoms with Crippen molar-refractivity contribution in [2.24, 2.45) is 4.99 Å². The highest BCUT2D eigenvalue weighted by molar-refractivity contribution is 6.35. The molecule has 0 fully saturated rings. The van der Waals surface area contributed by atoms with Gasteiger partial charge in [-0.25, -0.2) is 15.4 Å². The minimum Gasteiger partial charge on any atom is -0.451 e. The summed E-state index contributed by atoms with van der Waals surface area (Å²) in [5, 5.41) is 5.06. The third kappa shape index (κ3) is 2.17. The molecule has 0 atom stereocenters.